The van der Waals surface area contributed by atoms with Crippen LogP contribution < -0.4 is 11.3 Å². The molecule has 0 aliphatic rings. The molecule has 1 unspecified atom stereocenters. The van der Waals surface area contributed by atoms with Crippen LogP contribution in [0.5, 0.6) is 0 Å². The second-order valence-electron chi connectivity index (χ2n) is 5.21. The van der Waals surface area contributed by atoms with E-state index < -0.39 is 17.7 Å². The molecule has 0 amide bonds. The fourth-order valence-electron chi connectivity index (χ4n) is 2.43. The van der Waals surface area contributed by atoms with Crippen molar-refractivity contribution in [3.8, 4) is 0 Å². The van der Waals surface area contributed by atoms with Crippen LogP contribution in [0.4, 0.5) is 8.78 Å². The second kappa shape index (κ2) is 6.78. The van der Waals surface area contributed by atoms with Gasteiger partial charge in [0.25, 0.3) is 0 Å². The van der Waals surface area contributed by atoms with Crippen LogP contribution >= 0.6 is 0 Å². The summed E-state index contributed by atoms with van der Waals surface area (Å²) in [6.07, 6.45) is 2.08. The molecular formula is C17H20F2N2. The summed E-state index contributed by atoms with van der Waals surface area (Å²) in [5, 5.41) is 0. The number of hydrazine groups is 1. The van der Waals surface area contributed by atoms with Crippen LogP contribution in [-0.4, -0.2) is 0 Å². The Kier molecular flexibility index (Phi) is 5.04. The van der Waals surface area contributed by atoms with E-state index in [0.29, 0.717) is 11.1 Å². The van der Waals surface area contributed by atoms with Gasteiger partial charge in [-0.1, -0.05) is 37.6 Å². The average molecular weight is 290 g/mol. The summed E-state index contributed by atoms with van der Waals surface area (Å²) in [5.74, 6) is 4.43. The van der Waals surface area contributed by atoms with E-state index in [4.69, 9.17) is 5.84 Å². The summed E-state index contributed by atoms with van der Waals surface area (Å²) in [4.78, 5) is 0. The highest BCUT2D eigenvalue weighted by atomic mass is 19.1. The highest BCUT2D eigenvalue weighted by Gasteiger charge is 2.18. The molecule has 2 nitrogen and oxygen atoms in total. The van der Waals surface area contributed by atoms with E-state index in [1.54, 1.807) is 6.92 Å². The molecule has 0 aliphatic heterocycles. The van der Waals surface area contributed by atoms with Crippen LogP contribution in [0.25, 0.3) is 0 Å². The lowest BCUT2D eigenvalue weighted by Gasteiger charge is -2.19. The molecule has 21 heavy (non-hydrogen) atoms. The quantitative estimate of drug-likeness (QED) is 0.649. The van der Waals surface area contributed by atoms with Gasteiger partial charge in [0, 0.05) is 11.6 Å². The Morgan fingerprint density at radius 1 is 1.10 bits per heavy atom. The zero-order valence-corrected chi connectivity index (χ0v) is 12.3. The monoisotopic (exact) mass is 290 g/mol. The van der Waals surface area contributed by atoms with Crippen LogP contribution in [0, 0.1) is 18.6 Å². The van der Waals surface area contributed by atoms with Gasteiger partial charge in [-0.3, -0.25) is 5.84 Å². The Balaban J connectivity index is 2.37. The Hall–Kier alpha value is -1.78. The van der Waals surface area contributed by atoms with Gasteiger partial charge in [0.05, 0.1) is 6.04 Å². The third-order valence-electron chi connectivity index (χ3n) is 3.61. The number of hydrogen-bond acceptors (Lipinski definition) is 2. The highest BCUT2D eigenvalue weighted by Crippen LogP contribution is 2.26. The molecule has 112 valence electrons. The summed E-state index contributed by atoms with van der Waals surface area (Å²) in [6.45, 7) is 3.73. The van der Waals surface area contributed by atoms with E-state index in [9.17, 15) is 8.78 Å². The maximum Gasteiger partial charge on any atom is 0.131 e. The summed E-state index contributed by atoms with van der Waals surface area (Å²) in [7, 11) is 0. The van der Waals surface area contributed by atoms with Crippen molar-refractivity contribution in [1.29, 1.82) is 0 Å². The first kappa shape index (κ1) is 15.6. The first-order valence-electron chi connectivity index (χ1n) is 7.07. The summed E-state index contributed by atoms with van der Waals surface area (Å²) < 4.78 is 27.4. The molecule has 2 aromatic rings. The fourth-order valence-corrected chi connectivity index (χ4v) is 2.43. The number of nitrogens with two attached hydrogens (primary N) is 1. The largest absolute Gasteiger partial charge is 0.271 e. The molecule has 0 saturated heterocycles. The number of hydrogen-bond donors (Lipinski definition) is 2. The summed E-state index contributed by atoms with van der Waals surface area (Å²) in [6, 6.07) is 9.77. The molecule has 0 bridgehead atoms. The van der Waals surface area contributed by atoms with Crippen LogP contribution in [0.15, 0.2) is 36.4 Å². The van der Waals surface area contributed by atoms with Gasteiger partial charge in [0.15, 0.2) is 0 Å². The first-order chi connectivity index (χ1) is 10.1. The van der Waals surface area contributed by atoms with Crippen molar-refractivity contribution < 1.29 is 8.78 Å². The first-order valence-corrected chi connectivity index (χ1v) is 7.07. The predicted molar refractivity (Wildman–Crippen MR) is 80.7 cm³/mol. The number of aryl methyl sites for hydroxylation is 2. The Bertz CT molecular complexity index is 609. The van der Waals surface area contributed by atoms with Crippen LogP contribution in [-0.2, 0) is 6.42 Å². The van der Waals surface area contributed by atoms with Gasteiger partial charge in [0.1, 0.15) is 11.6 Å². The molecule has 2 aromatic carbocycles. The normalized spacial score (nSPS) is 12.4. The van der Waals surface area contributed by atoms with E-state index in [1.165, 1.54) is 11.6 Å². The fraction of sp³-hybridized carbons (Fsp3) is 0.294. The van der Waals surface area contributed by atoms with Gasteiger partial charge in [0.2, 0.25) is 0 Å². The third-order valence-corrected chi connectivity index (χ3v) is 3.61. The van der Waals surface area contributed by atoms with Crippen LogP contribution in [0.1, 0.15) is 41.6 Å². The zero-order chi connectivity index (χ0) is 15.4. The van der Waals surface area contributed by atoms with Crippen LogP contribution in [0.2, 0.25) is 0 Å². The standard InChI is InChI=1S/C17H20F2N2/c1-3-4-12-5-7-13(8-6-12)17(21-20)14-9-11(2)15(18)10-16(14)19/h5-10,17,21H,3-4,20H2,1-2H3. The smallest absolute Gasteiger partial charge is 0.131 e. The Labute approximate surface area is 124 Å². The molecule has 0 fully saturated rings. The molecule has 0 heterocycles. The molecule has 3 N–H and O–H groups in total. The molecule has 0 saturated carbocycles. The van der Waals surface area contributed by atoms with E-state index in [0.717, 1.165) is 24.5 Å². The topological polar surface area (TPSA) is 38.0 Å². The molecule has 0 spiro atoms. The number of rotatable bonds is 5. The van der Waals surface area contributed by atoms with E-state index >= 15 is 0 Å². The van der Waals surface area contributed by atoms with Crippen molar-refractivity contribution in [1.82, 2.24) is 5.43 Å². The summed E-state index contributed by atoms with van der Waals surface area (Å²) in [5.41, 5.74) is 5.43. The van der Waals surface area contributed by atoms with Gasteiger partial charge in [-0.25, -0.2) is 14.2 Å². The van der Waals surface area contributed by atoms with E-state index in [-0.39, 0.29) is 0 Å². The van der Waals surface area contributed by atoms with Gasteiger partial charge < -0.3 is 0 Å². The lowest BCUT2D eigenvalue weighted by molar-refractivity contribution is 0.538. The van der Waals surface area contributed by atoms with Gasteiger partial charge >= 0.3 is 0 Å². The van der Waals surface area contributed by atoms with Crippen LogP contribution in [0.3, 0.4) is 0 Å². The highest BCUT2D eigenvalue weighted by molar-refractivity contribution is 5.36. The minimum absolute atomic E-state index is 0.347. The lowest BCUT2D eigenvalue weighted by Crippen LogP contribution is -2.29. The van der Waals surface area contributed by atoms with Crippen molar-refractivity contribution in [3.05, 3.63) is 70.3 Å². The molecule has 0 aromatic heterocycles. The van der Waals surface area contributed by atoms with Crippen molar-refractivity contribution in [2.24, 2.45) is 5.84 Å². The van der Waals surface area contributed by atoms with E-state index in [1.807, 2.05) is 24.3 Å². The van der Waals surface area contributed by atoms with Crippen molar-refractivity contribution >= 4 is 0 Å². The van der Waals surface area contributed by atoms with Crippen molar-refractivity contribution in [2.45, 2.75) is 32.7 Å². The van der Waals surface area contributed by atoms with Crippen molar-refractivity contribution in [2.75, 3.05) is 0 Å². The average Bonchev–Trinajstić information content (AvgIpc) is 2.47. The molecule has 0 aliphatic carbocycles. The number of nitrogens with one attached hydrogen (secondary N) is 1. The Morgan fingerprint density at radius 2 is 1.76 bits per heavy atom. The summed E-state index contributed by atoms with van der Waals surface area (Å²) >= 11 is 0. The van der Waals surface area contributed by atoms with Gasteiger partial charge in [-0.15, -0.1) is 0 Å². The SMILES string of the molecule is CCCc1ccc(C(NN)c2cc(C)c(F)cc2F)cc1. The maximum absolute atomic E-state index is 14.0. The molecule has 4 heteroatoms. The second-order valence-corrected chi connectivity index (χ2v) is 5.21. The zero-order valence-electron chi connectivity index (χ0n) is 12.3. The lowest BCUT2D eigenvalue weighted by atomic mass is 9.96. The molecule has 1 atom stereocenters. The van der Waals surface area contributed by atoms with E-state index in [2.05, 4.69) is 12.3 Å². The third kappa shape index (κ3) is 3.46. The van der Waals surface area contributed by atoms with Gasteiger partial charge in [-0.05, 0) is 36.1 Å². The maximum atomic E-state index is 14.0. The van der Waals surface area contributed by atoms with Gasteiger partial charge in [-0.2, -0.15) is 0 Å². The number of benzene rings is 2. The van der Waals surface area contributed by atoms with Crippen molar-refractivity contribution in [3.63, 3.8) is 0 Å². The predicted octanol–water partition coefficient (Wildman–Crippen LogP) is 3.78. The minimum atomic E-state index is -0.598. The number of halogens is 2. The molecule has 0 radical (unpaired) electrons. The minimum Gasteiger partial charge on any atom is -0.271 e. The molecular weight excluding hydrogens is 270 g/mol. The Morgan fingerprint density at radius 3 is 2.33 bits per heavy atom. The molecule has 2 rings (SSSR count).